The summed E-state index contributed by atoms with van der Waals surface area (Å²) in [5, 5.41) is 10.5. The molecular weight excluding hydrogens is 504 g/mol. The van der Waals surface area contributed by atoms with Gasteiger partial charge in [0.15, 0.2) is 0 Å². The normalized spacial score (nSPS) is 15.5. The van der Waals surface area contributed by atoms with Crippen molar-refractivity contribution in [2.45, 2.75) is 18.3 Å². The zero-order chi connectivity index (χ0) is 27.7. The van der Waals surface area contributed by atoms with E-state index >= 15 is 0 Å². The molecule has 7 heteroatoms. The Morgan fingerprint density at radius 1 is 0.775 bits per heavy atom. The Balaban J connectivity index is 1.16. The Morgan fingerprint density at radius 2 is 1.43 bits per heavy atom. The van der Waals surface area contributed by atoms with Crippen LogP contribution in [0.25, 0.3) is 0 Å². The molecule has 2 heterocycles. The number of benzene rings is 4. The molecule has 6 rings (SSSR count). The molecule has 7 nitrogen and oxygen atoms in total. The first-order valence-electron chi connectivity index (χ1n) is 13.4. The smallest absolute Gasteiger partial charge is 0.262 e. The van der Waals surface area contributed by atoms with E-state index in [-0.39, 0.29) is 28.5 Å². The first kappa shape index (κ1) is 25.5. The molecule has 0 aliphatic carbocycles. The van der Waals surface area contributed by atoms with Crippen LogP contribution in [0.2, 0.25) is 0 Å². The second-order valence-electron chi connectivity index (χ2n) is 10.3. The van der Waals surface area contributed by atoms with Gasteiger partial charge in [0, 0.05) is 42.4 Å². The standard InChI is InChI=1S/C33H30N2O5/c1-39-26-15-16-27(30(36)21-26)32(38)35-22-33(28-9-5-6-10-29(28)35)17-19-34(20-18-33)31(37)23-11-13-25(14-12-23)40-24-7-3-2-4-8-24/h2-16,21,36H,17-20,22H2,1H3. The molecule has 202 valence electrons. The number of carbonyl (C=O) groups is 2. The molecule has 4 aromatic carbocycles. The zero-order valence-electron chi connectivity index (χ0n) is 22.2. The lowest BCUT2D eigenvalue weighted by Crippen LogP contribution is -2.47. The summed E-state index contributed by atoms with van der Waals surface area (Å²) >= 11 is 0. The average Bonchev–Trinajstić information content (AvgIpc) is 3.31. The van der Waals surface area contributed by atoms with E-state index in [4.69, 9.17) is 9.47 Å². The third-order valence-electron chi connectivity index (χ3n) is 8.00. The minimum Gasteiger partial charge on any atom is -0.507 e. The second kappa shape index (κ2) is 10.4. The van der Waals surface area contributed by atoms with Crippen molar-refractivity contribution in [3.8, 4) is 23.0 Å². The van der Waals surface area contributed by atoms with Gasteiger partial charge in [-0.2, -0.15) is 0 Å². The van der Waals surface area contributed by atoms with Crippen LogP contribution in [0.4, 0.5) is 5.69 Å². The van der Waals surface area contributed by atoms with E-state index in [0.29, 0.717) is 36.7 Å². The van der Waals surface area contributed by atoms with Crippen LogP contribution < -0.4 is 14.4 Å². The van der Waals surface area contributed by atoms with Crippen molar-refractivity contribution in [1.29, 1.82) is 0 Å². The topological polar surface area (TPSA) is 79.3 Å². The lowest BCUT2D eigenvalue weighted by Gasteiger charge is -2.40. The van der Waals surface area contributed by atoms with E-state index in [0.717, 1.165) is 29.8 Å². The van der Waals surface area contributed by atoms with E-state index < -0.39 is 0 Å². The molecular formula is C33H30N2O5. The largest absolute Gasteiger partial charge is 0.507 e. The molecule has 1 saturated heterocycles. The van der Waals surface area contributed by atoms with Gasteiger partial charge in [-0.3, -0.25) is 9.59 Å². The van der Waals surface area contributed by atoms with Gasteiger partial charge in [-0.1, -0.05) is 36.4 Å². The maximum absolute atomic E-state index is 13.6. The van der Waals surface area contributed by atoms with Crippen molar-refractivity contribution < 1.29 is 24.2 Å². The Hall–Kier alpha value is -4.78. The lowest BCUT2D eigenvalue weighted by atomic mass is 9.74. The summed E-state index contributed by atoms with van der Waals surface area (Å²) in [4.78, 5) is 30.6. The van der Waals surface area contributed by atoms with E-state index in [2.05, 4.69) is 6.07 Å². The van der Waals surface area contributed by atoms with Gasteiger partial charge in [0.1, 0.15) is 23.0 Å². The van der Waals surface area contributed by atoms with Gasteiger partial charge in [0.25, 0.3) is 11.8 Å². The first-order chi connectivity index (χ1) is 19.5. The fourth-order valence-electron chi connectivity index (χ4n) is 5.81. The van der Waals surface area contributed by atoms with Gasteiger partial charge in [-0.25, -0.2) is 0 Å². The molecule has 0 aromatic heterocycles. The number of hydrogen-bond acceptors (Lipinski definition) is 5. The van der Waals surface area contributed by atoms with Crippen molar-refractivity contribution >= 4 is 17.5 Å². The molecule has 0 radical (unpaired) electrons. The number of carbonyl (C=O) groups excluding carboxylic acids is 2. The Bertz CT molecular complexity index is 1540. The van der Waals surface area contributed by atoms with Gasteiger partial charge in [0.05, 0.1) is 12.7 Å². The van der Waals surface area contributed by atoms with Gasteiger partial charge in [-0.05, 0) is 73.0 Å². The highest BCUT2D eigenvalue weighted by atomic mass is 16.5. The molecule has 0 bridgehead atoms. The number of para-hydroxylation sites is 2. The van der Waals surface area contributed by atoms with Crippen molar-refractivity contribution in [2.75, 3.05) is 31.6 Å². The Labute approximate surface area is 233 Å². The van der Waals surface area contributed by atoms with E-state index in [1.54, 1.807) is 29.2 Å². The number of amides is 2. The number of nitrogens with zero attached hydrogens (tertiary/aromatic N) is 2. The summed E-state index contributed by atoms with van der Waals surface area (Å²) < 4.78 is 11.0. The van der Waals surface area contributed by atoms with Crippen LogP contribution in [0, 0.1) is 0 Å². The molecule has 4 aromatic rings. The molecule has 0 atom stereocenters. The quantitative estimate of drug-likeness (QED) is 0.338. The van der Waals surface area contributed by atoms with Gasteiger partial charge < -0.3 is 24.4 Å². The lowest BCUT2D eigenvalue weighted by molar-refractivity contribution is 0.0670. The van der Waals surface area contributed by atoms with Gasteiger partial charge in [0.2, 0.25) is 0 Å². The second-order valence-corrected chi connectivity index (χ2v) is 10.3. The van der Waals surface area contributed by atoms with Crippen molar-refractivity contribution in [3.63, 3.8) is 0 Å². The summed E-state index contributed by atoms with van der Waals surface area (Å²) in [5.74, 6) is 1.54. The third-order valence-corrected chi connectivity index (χ3v) is 8.00. The van der Waals surface area contributed by atoms with Crippen LogP contribution >= 0.6 is 0 Å². The average molecular weight is 535 g/mol. The summed E-state index contributed by atoms with van der Waals surface area (Å²) in [7, 11) is 1.52. The number of ether oxygens (including phenoxy) is 2. The van der Waals surface area contributed by atoms with E-state index in [1.165, 1.54) is 13.2 Å². The molecule has 0 unspecified atom stereocenters. The number of phenols is 1. The number of hydrogen-bond donors (Lipinski definition) is 1. The molecule has 2 amide bonds. The van der Waals surface area contributed by atoms with Crippen molar-refractivity contribution in [2.24, 2.45) is 0 Å². The van der Waals surface area contributed by atoms with Crippen LogP contribution in [-0.4, -0.2) is 48.6 Å². The molecule has 0 saturated carbocycles. The summed E-state index contributed by atoms with van der Waals surface area (Å²) in [6.07, 6.45) is 1.48. The Kier molecular flexibility index (Phi) is 6.64. The molecule has 2 aliphatic heterocycles. The van der Waals surface area contributed by atoms with Crippen LogP contribution in [0.1, 0.15) is 39.1 Å². The zero-order valence-corrected chi connectivity index (χ0v) is 22.2. The molecule has 1 N–H and O–H groups in total. The van der Waals surface area contributed by atoms with E-state index in [9.17, 15) is 14.7 Å². The number of anilines is 1. The number of aromatic hydroxyl groups is 1. The molecule has 1 spiro atoms. The molecule has 1 fully saturated rings. The summed E-state index contributed by atoms with van der Waals surface area (Å²) in [5.41, 5.74) is 2.58. The predicted octanol–water partition coefficient (Wildman–Crippen LogP) is 6.03. The molecule has 2 aliphatic rings. The van der Waals surface area contributed by atoms with Gasteiger partial charge in [-0.15, -0.1) is 0 Å². The fourth-order valence-corrected chi connectivity index (χ4v) is 5.81. The number of phenolic OH excluding ortho intramolecular Hbond substituents is 1. The molecule has 40 heavy (non-hydrogen) atoms. The predicted molar refractivity (Wildman–Crippen MR) is 153 cm³/mol. The van der Waals surface area contributed by atoms with Crippen molar-refractivity contribution in [1.82, 2.24) is 4.90 Å². The highest BCUT2D eigenvalue weighted by Gasteiger charge is 2.47. The summed E-state index contributed by atoms with van der Waals surface area (Å²) in [6.45, 7) is 1.68. The number of likely N-dealkylation sites (tertiary alicyclic amines) is 1. The first-order valence-corrected chi connectivity index (χ1v) is 13.4. The minimum atomic E-state index is -0.251. The highest BCUT2D eigenvalue weighted by Crippen LogP contribution is 2.48. The van der Waals surface area contributed by atoms with Crippen LogP contribution in [-0.2, 0) is 5.41 Å². The maximum atomic E-state index is 13.6. The van der Waals surface area contributed by atoms with Crippen LogP contribution in [0.15, 0.2) is 97.1 Å². The number of piperidine rings is 1. The fraction of sp³-hybridized carbons (Fsp3) is 0.212. The van der Waals surface area contributed by atoms with Crippen molar-refractivity contribution in [3.05, 3.63) is 114 Å². The monoisotopic (exact) mass is 534 g/mol. The maximum Gasteiger partial charge on any atom is 0.262 e. The minimum absolute atomic E-state index is 0.0107. The van der Waals surface area contributed by atoms with E-state index in [1.807, 2.05) is 65.6 Å². The number of rotatable bonds is 5. The third kappa shape index (κ3) is 4.64. The van der Waals surface area contributed by atoms with Crippen LogP contribution in [0.3, 0.4) is 0 Å². The number of methoxy groups -OCH3 is 1. The SMILES string of the molecule is COc1ccc(C(=O)N2CC3(CCN(C(=O)c4ccc(Oc5ccccc5)cc4)CC3)c3ccccc32)c(O)c1. The summed E-state index contributed by atoms with van der Waals surface area (Å²) in [6, 6.07) is 29.5. The van der Waals surface area contributed by atoms with Crippen LogP contribution in [0.5, 0.6) is 23.0 Å². The highest BCUT2D eigenvalue weighted by molar-refractivity contribution is 6.09. The Morgan fingerprint density at radius 3 is 2.12 bits per heavy atom. The van der Waals surface area contributed by atoms with Gasteiger partial charge >= 0.3 is 0 Å². The number of fused-ring (bicyclic) bond motifs is 2.